The maximum atomic E-state index is 12.8. The molecule has 0 spiro atoms. The Bertz CT molecular complexity index is 1580. The summed E-state index contributed by atoms with van der Waals surface area (Å²) >= 11 is 0. The Kier molecular flexibility index (Phi) is 16.2. The number of anilines is 3. The van der Waals surface area contributed by atoms with Crippen LogP contribution in [0.25, 0.3) is 0 Å². The van der Waals surface area contributed by atoms with Crippen LogP contribution < -0.4 is 42.0 Å². The Morgan fingerprint density at radius 2 is 1.55 bits per heavy atom. The predicted octanol–water partition coefficient (Wildman–Crippen LogP) is 2.59. The Labute approximate surface area is 290 Å². The van der Waals surface area contributed by atoms with Crippen molar-refractivity contribution in [3.05, 3.63) is 53.6 Å². The first-order valence-corrected chi connectivity index (χ1v) is 15.6. The molecule has 278 valence electrons. The number of unbranched alkanes of at least 4 members (excludes halogenated alkanes) is 1. The number of aromatic nitrogens is 3. The molecule has 20 heteroatoms. The SMILES string of the molecule is NC(=O)c1ccc2cc1OCCOCCOCCOc1ccc(cc1)CNc1nc(nc(OCC(F)(F)F)n1)N2.NC(N)=NCCCCC(=O)O. The molecule has 0 atom stereocenters. The van der Waals surface area contributed by atoms with Crippen molar-refractivity contribution in [3.8, 4) is 17.5 Å². The molecular weight excluding hydrogens is 683 g/mol. The lowest BCUT2D eigenvalue weighted by molar-refractivity contribution is -0.154. The second-order valence-corrected chi connectivity index (χ2v) is 10.4. The number of guanidine groups is 1. The Balaban J connectivity index is 0.000000551. The Morgan fingerprint density at radius 3 is 2.20 bits per heavy atom. The topological polar surface area (TPSA) is 254 Å². The molecule has 2 aliphatic heterocycles. The molecule has 0 saturated carbocycles. The molecule has 1 amide bonds. The van der Waals surface area contributed by atoms with E-state index in [-0.39, 0.29) is 55.3 Å². The molecule has 17 nitrogen and oxygen atoms in total. The van der Waals surface area contributed by atoms with Crippen molar-refractivity contribution in [1.29, 1.82) is 0 Å². The Hall–Kier alpha value is -5.63. The number of carboxylic acids is 1. The van der Waals surface area contributed by atoms with Gasteiger partial charge in [-0.2, -0.15) is 28.1 Å². The van der Waals surface area contributed by atoms with E-state index in [1.165, 1.54) is 18.2 Å². The van der Waals surface area contributed by atoms with Crippen LogP contribution in [0.1, 0.15) is 35.2 Å². The summed E-state index contributed by atoms with van der Waals surface area (Å²) in [6.07, 6.45) is -3.08. The number of nitrogens with zero attached hydrogens (tertiary/aromatic N) is 4. The monoisotopic (exact) mass is 723 g/mol. The van der Waals surface area contributed by atoms with E-state index in [9.17, 15) is 22.8 Å². The number of aliphatic imine (C=N–C) groups is 1. The van der Waals surface area contributed by atoms with Crippen LogP contribution in [0.3, 0.4) is 0 Å². The smallest absolute Gasteiger partial charge is 0.422 e. The lowest BCUT2D eigenvalue weighted by Crippen LogP contribution is -2.22. The highest BCUT2D eigenvalue weighted by Crippen LogP contribution is 2.26. The summed E-state index contributed by atoms with van der Waals surface area (Å²) < 4.78 is 65.4. The number of benzene rings is 2. The molecule has 0 fully saturated rings. The minimum atomic E-state index is -4.59. The zero-order valence-electron chi connectivity index (χ0n) is 27.5. The van der Waals surface area contributed by atoms with Crippen LogP contribution in [0.5, 0.6) is 17.5 Å². The fourth-order valence-electron chi connectivity index (χ4n) is 3.99. The van der Waals surface area contributed by atoms with Crippen LogP contribution in [-0.2, 0) is 20.8 Å². The predicted molar refractivity (Wildman–Crippen MR) is 178 cm³/mol. The average Bonchev–Trinajstić information content (AvgIpc) is 3.07. The van der Waals surface area contributed by atoms with Gasteiger partial charge in [0.05, 0.1) is 32.0 Å². The zero-order valence-corrected chi connectivity index (χ0v) is 27.5. The number of fused-ring (bicyclic) bond motifs is 12. The maximum Gasteiger partial charge on any atom is 0.422 e. The molecule has 2 aromatic carbocycles. The van der Waals surface area contributed by atoms with Crippen LogP contribution in [0.4, 0.5) is 30.8 Å². The maximum absolute atomic E-state index is 12.8. The van der Waals surface area contributed by atoms with Crippen molar-refractivity contribution in [2.75, 3.05) is 63.4 Å². The van der Waals surface area contributed by atoms with Crippen molar-refractivity contribution in [1.82, 2.24) is 15.0 Å². The van der Waals surface area contributed by atoms with Crippen LogP contribution >= 0.6 is 0 Å². The summed E-state index contributed by atoms with van der Waals surface area (Å²) in [5.41, 5.74) is 16.9. The number of primary amides is 1. The second kappa shape index (κ2) is 20.8. The fraction of sp³-hybridized carbons (Fsp3) is 0.419. The van der Waals surface area contributed by atoms with Gasteiger partial charge < -0.3 is 56.6 Å². The number of nitrogens with one attached hydrogen (secondary N) is 2. The molecule has 3 heterocycles. The molecule has 0 unspecified atom stereocenters. The molecule has 9 N–H and O–H groups in total. The highest BCUT2D eigenvalue weighted by Gasteiger charge is 2.29. The molecule has 51 heavy (non-hydrogen) atoms. The largest absolute Gasteiger partial charge is 0.491 e. The number of carbonyl (C=O) groups is 2. The van der Waals surface area contributed by atoms with Gasteiger partial charge in [0, 0.05) is 31.3 Å². The Morgan fingerprint density at radius 1 is 0.882 bits per heavy atom. The van der Waals surface area contributed by atoms with Gasteiger partial charge in [0.15, 0.2) is 12.6 Å². The minimum absolute atomic E-state index is 0.0343. The van der Waals surface area contributed by atoms with E-state index in [2.05, 4.69) is 30.6 Å². The van der Waals surface area contributed by atoms with Crippen LogP contribution in [0.15, 0.2) is 47.5 Å². The van der Waals surface area contributed by atoms with Gasteiger partial charge in [-0.3, -0.25) is 14.6 Å². The third kappa shape index (κ3) is 16.6. The van der Waals surface area contributed by atoms with Crippen molar-refractivity contribution in [2.24, 2.45) is 22.2 Å². The number of nitrogens with two attached hydrogens (primary N) is 3. The van der Waals surface area contributed by atoms with E-state index in [1.54, 1.807) is 12.1 Å². The van der Waals surface area contributed by atoms with Gasteiger partial charge in [-0.25, -0.2) is 0 Å². The summed E-state index contributed by atoms with van der Waals surface area (Å²) in [7, 11) is 0. The molecular formula is C31H40F3N9O8. The summed E-state index contributed by atoms with van der Waals surface area (Å²) in [5.74, 6) is -0.776. The van der Waals surface area contributed by atoms with Crippen LogP contribution in [-0.4, -0.2) is 96.9 Å². The number of halogens is 3. The third-order valence-corrected chi connectivity index (χ3v) is 6.30. The molecule has 5 rings (SSSR count). The zero-order chi connectivity index (χ0) is 37.1. The first kappa shape index (κ1) is 39.8. The lowest BCUT2D eigenvalue weighted by Gasteiger charge is -2.14. The molecule has 6 bridgehead atoms. The molecule has 0 saturated heterocycles. The number of hydrogen-bond donors (Lipinski definition) is 6. The quantitative estimate of drug-likeness (QED) is 0.0845. The lowest BCUT2D eigenvalue weighted by atomic mass is 10.1. The van der Waals surface area contributed by atoms with Crippen molar-refractivity contribution in [3.63, 3.8) is 0 Å². The van der Waals surface area contributed by atoms with Gasteiger partial charge in [-0.15, -0.1) is 0 Å². The van der Waals surface area contributed by atoms with Gasteiger partial charge in [0.1, 0.15) is 24.7 Å². The van der Waals surface area contributed by atoms with E-state index in [0.717, 1.165) is 5.56 Å². The van der Waals surface area contributed by atoms with Crippen LogP contribution in [0, 0.1) is 0 Å². The highest BCUT2D eigenvalue weighted by molar-refractivity contribution is 5.96. The van der Waals surface area contributed by atoms with E-state index in [4.69, 9.17) is 46.0 Å². The number of aliphatic carboxylic acids is 1. The summed E-state index contributed by atoms with van der Waals surface area (Å²) in [4.78, 5) is 37.7. The number of rotatable bonds is 8. The molecule has 0 radical (unpaired) electrons. The third-order valence-electron chi connectivity index (χ3n) is 6.30. The van der Waals surface area contributed by atoms with Crippen molar-refractivity contribution >= 4 is 35.4 Å². The van der Waals surface area contributed by atoms with Crippen molar-refractivity contribution < 1.29 is 51.6 Å². The number of carbonyl (C=O) groups excluding carboxylic acids is 1. The number of alkyl halides is 3. The summed E-state index contributed by atoms with van der Waals surface area (Å²) in [6.45, 7) is 0.890. The molecule has 3 aromatic rings. The van der Waals surface area contributed by atoms with Gasteiger partial charge in [0.2, 0.25) is 11.9 Å². The minimum Gasteiger partial charge on any atom is -0.491 e. The first-order valence-electron chi connectivity index (χ1n) is 15.6. The number of carboxylic acid groups (broad SMARTS) is 1. The molecule has 0 aliphatic carbocycles. The summed E-state index contributed by atoms with van der Waals surface area (Å²) in [6, 6.07) is 11.1. The number of ether oxygens (including phenoxy) is 5. The standard InChI is InChI=1S/C25H27F3N6O6.C6H13N3O2/c26-25(27,28)15-40-24-33-22-30-14-16-1-4-18(5-2-16)38-11-9-36-7-8-37-10-12-39-20-13-17(31-23(32-22)34-24)3-6-19(20)21(29)35;7-6(8)9-4-2-1-3-5(10)11/h1-6,13H,7-12,14-15H2,(H2,29,35)(H2,30,31,32,33,34);1-4H2,(H,10,11)(H4,7,8,9). The highest BCUT2D eigenvalue weighted by atomic mass is 19.4. The summed E-state index contributed by atoms with van der Waals surface area (Å²) in [5, 5.41) is 14.1. The van der Waals surface area contributed by atoms with Gasteiger partial charge in [0.25, 0.3) is 5.91 Å². The average molecular weight is 724 g/mol. The van der Waals surface area contributed by atoms with E-state index in [1.807, 2.05) is 12.1 Å². The number of amides is 1. The van der Waals surface area contributed by atoms with E-state index >= 15 is 0 Å². The van der Waals surface area contributed by atoms with Crippen LogP contribution in [0.2, 0.25) is 0 Å². The molecule has 2 aliphatic rings. The van der Waals surface area contributed by atoms with E-state index in [0.29, 0.717) is 57.3 Å². The van der Waals surface area contributed by atoms with Gasteiger partial charge >= 0.3 is 18.2 Å². The molecule has 1 aromatic heterocycles. The van der Waals surface area contributed by atoms with Crippen molar-refractivity contribution in [2.45, 2.75) is 32.0 Å². The van der Waals surface area contributed by atoms with E-state index < -0.39 is 30.7 Å². The van der Waals surface area contributed by atoms with Gasteiger partial charge in [-0.05, 0) is 42.7 Å². The fourth-order valence-corrected chi connectivity index (χ4v) is 3.99. The van der Waals surface area contributed by atoms with Gasteiger partial charge in [-0.1, -0.05) is 12.1 Å². The number of hydrogen-bond acceptors (Lipinski definition) is 13. The first-order chi connectivity index (χ1) is 24.4. The normalized spacial score (nSPS) is 13.8. The second-order valence-electron chi connectivity index (χ2n) is 10.4.